The summed E-state index contributed by atoms with van der Waals surface area (Å²) < 4.78 is 10.7. The third-order valence-electron chi connectivity index (χ3n) is 3.60. The zero-order chi connectivity index (χ0) is 14.6. The van der Waals surface area contributed by atoms with E-state index >= 15 is 0 Å². The molecule has 20 heavy (non-hydrogen) atoms. The van der Waals surface area contributed by atoms with Gasteiger partial charge in [-0.25, -0.2) is 0 Å². The maximum atomic E-state index is 11.9. The van der Waals surface area contributed by atoms with Gasteiger partial charge in [-0.15, -0.1) is 0 Å². The lowest BCUT2D eigenvalue weighted by Gasteiger charge is -2.40. The highest BCUT2D eigenvalue weighted by Gasteiger charge is 2.35. The Morgan fingerprint density at radius 1 is 1.40 bits per heavy atom. The lowest BCUT2D eigenvalue weighted by atomic mass is 9.99. The van der Waals surface area contributed by atoms with E-state index in [4.69, 9.17) is 14.6 Å². The number of methoxy groups -OCH3 is 1. The van der Waals surface area contributed by atoms with Crippen molar-refractivity contribution in [2.45, 2.75) is 25.5 Å². The zero-order valence-electron chi connectivity index (χ0n) is 12.0. The number of aliphatic hydroxyl groups is 1. The van der Waals surface area contributed by atoms with Crippen molar-refractivity contribution in [2.75, 3.05) is 26.9 Å². The van der Waals surface area contributed by atoms with Crippen molar-refractivity contribution in [1.29, 1.82) is 0 Å². The van der Waals surface area contributed by atoms with Gasteiger partial charge in [0.15, 0.2) is 0 Å². The number of hydrogen-bond donors (Lipinski definition) is 1. The Morgan fingerprint density at radius 3 is 2.70 bits per heavy atom. The molecule has 1 aliphatic heterocycles. The van der Waals surface area contributed by atoms with Crippen LogP contribution in [0.15, 0.2) is 24.3 Å². The minimum absolute atomic E-state index is 0.0174. The van der Waals surface area contributed by atoms with E-state index in [2.05, 4.69) is 0 Å². The molecule has 1 aliphatic rings. The highest BCUT2D eigenvalue weighted by atomic mass is 16.5. The van der Waals surface area contributed by atoms with Crippen molar-refractivity contribution >= 4 is 5.91 Å². The van der Waals surface area contributed by atoms with Crippen molar-refractivity contribution in [3.8, 4) is 5.75 Å². The summed E-state index contributed by atoms with van der Waals surface area (Å²) in [5, 5.41) is 9.09. The Bertz CT molecular complexity index is 459. The van der Waals surface area contributed by atoms with Crippen LogP contribution in [0.4, 0.5) is 0 Å². The molecule has 2 rings (SSSR count). The maximum Gasteiger partial charge on any atom is 0.248 e. The fourth-order valence-electron chi connectivity index (χ4n) is 2.35. The largest absolute Gasteiger partial charge is 0.497 e. The number of morpholine rings is 1. The molecule has 0 saturated carbocycles. The van der Waals surface area contributed by atoms with Crippen molar-refractivity contribution in [2.24, 2.45) is 0 Å². The van der Waals surface area contributed by atoms with E-state index in [0.717, 1.165) is 11.3 Å². The first-order valence-corrected chi connectivity index (χ1v) is 6.72. The van der Waals surface area contributed by atoms with Gasteiger partial charge in [0, 0.05) is 26.1 Å². The van der Waals surface area contributed by atoms with Gasteiger partial charge >= 0.3 is 0 Å². The van der Waals surface area contributed by atoms with Crippen LogP contribution >= 0.6 is 0 Å². The molecule has 1 aromatic carbocycles. The van der Waals surface area contributed by atoms with Crippen LogP contribution in [-0.2, 0) is 16.1 Å². The van der Waals surface area contributed by atoms with Crippen LogP contribution in [0.1, 0.15) is 18.9 Å². The third-order valence-corrected chi connectivity index (χ3v) is 3.60. The number of benzene rings is 1. The molecule has 1 heterocycles. The lowest BCUT2D eigenvalue weighted by Crippen LogP contribution is -2.53. The van der Waals surface area contributed by atoms with E-state index in [1.807, 2.05) is 31.2 Å². The smallest absolute Gasteiger partial charge is 0.248 e. The van der Waals surface area contributed by atoms with E-state index in [1.54, 1.807) is 12.0 Å². The van der Waals surface area contributed by atoms with Gasteiger partial charge in [-0.3, -0.25) is 4.79 Å². The number of hydrogen-bond acceptors (Lipinski definition) is 4. The normalized spacial score (nSPS) is 22.9. The van der Waals surface area contributed by atoms with Crippen molar-refractivity contribution in [3.05, 3.63) is 29.8 Å². The summed E-state index contributed by atoms with van der Waals surface area (Å²) >= 11 is 0. The highest BCUT2D eigenvalue weighted by Crippen LogP contribution is 2.23. The molecule has 0 spiro atoms. The van der Waals surface area contributed by atoms with Crippen LogP contribution in [0.3, 0.4) is 0 Å². The molecule has 5 nitrogen and oxygen atoms in total. The van der Waals surface area contributed by atoms with E-state index in [1.165, 1.54) is 0 Å². The predicted octanol–water partition coefficient (Wildman–Crippen LogP) is 1.20. The number of aliphatic hydroxyl groups excluding tert-OH is 1. The van der Waals surface area contributed by atoms with Gasteiger partial charge in [-0.1, -0.05) is 12.1 Å². The molecule has 0 bridgehead atoms. The Labute approximate surface area is 119 Å². The molecule has 110 valence electrons. The third kappa shape index (κ3) is 3.49. The van der Waals surface area contributed by atoms with E-state index < -0.39 is 5.60 Å². The summed E-state index contributed by atoms with van der Waals surface area (Å²) in [7, 11) is 1.63. The molecule has 0 aromatic heterocycles. The van der Waals surface area contributed by atoms with Crippen LogP contribution < -0.4 is 4.74 Å². The second-order valence-corrected chi connectivity index (χ2v) is 5.31. The molecule has 5 heteroatoms. The first-order chi connectivity index (χ1) is 9.56. The molecule has 1 fully saturated rings. The summed E-state index contributed by atoms with van der Waals surface area (Å²) in [4.78, 5) is 13.7. The minimum atomic E-state index is -0.463. The zero-order valence-corrected chi connectivity index (χ0v) is 12.0. The topological polar surface area (TPSA) is 59.0 Å². The van der Waals surface area contributed by atoms with Crippen LogP contribution in [-0.4, -0.2) is 48.4 Å². The molecule has 0 radical (unpaired) electrons. The van der Waals surface area contributed by atoms with Gasteiger partial charge < -0.3 is 19.5 Å². The number of rotatable bonds is 5. The van der Waals surface area contributed by atoms with Gasteiger partial charge in [-0.05, 0) is 24.6 Å². The van der Waals surface area contributed by atoms with Gasteiger partial charge in [0.2, 0.25) is 5.91 Å². The quantitative estimate of drug-likeness (QED) is 0.879. The summed E-state index contributed by atoms with van der Waals surface area (Å²) in [6.45, 7) is 3.11. The van der Waals surface area contributed by atoms with Crippen LogP contribution in [0.2, 0.25) is 0 Å². The van der Waals surface area contributed by atoms with Crippen LogP contribution in [0, 0.1) is 0 Å². The van der Waals surface area contributed by atoms with Crippen molar-refractivity contribution in [1.82, 2.24) is 4.90 Å². The van der Waals surface area contributed by atoms with Gasteiger partial charge in [-0.2, -0.15) is 0 Å². The summed E-state index contributed by atoms with van der Waals surface area (Å²) in [5.41, 5.74) is 0.585. The SMILES string of the molecule is COc1ccc(CN2CC(C)(CCO)OCC2=O)cc1. The van der Waals surface area contributed by atoms with Gasteiger partial charge in [0.25, 0.3) is 0 Å². The number of ether oxygens (including phenoxy) is 2. The highest BCUT2D eigenvalue weighted by molar-refractivity contribution is 5.78. The number of nitrogens with zero attached hydrogens (tertiary/aromatic N) is 1. The number of carbonyl (C=O) groups excluding carboxylic acids is 1. The minimum Gasteiger partial charge on any atom is -0.497 e. The fraction of sp³-hybridized carbons (Fsp3) is 0.533. The Morgan fingerprint density at radius 2 is 2.10 bits per heavy atom. The molecular formula is C15H21NO4. The lowest BCUT2D eigenvalue weighted by molar-refractivity contribution is -0.164. The molecule has 1 amide bonds. The second-order valence-electron chi connectivity index (χ2n) is 5.31. The molecule has 1 atom stereocenters. The summed E-state index contributed by atoms with van der Waals surface area (Å²) in [5.74, 6) is 0.781. The Hall–Kier alpha value is -1.59. The standard InChI is InChI=1S/C15H21NO4/c1-15(7-8-17)11-16(14(18)10-20-15)9-12-3-5-13(19-2)6-4-12/h3-6,17H,7-11H2,1-2H3. The van der Waals surface area contributed by atoms with E-state index in [0.29, 0.717) is 19.5 Å². The Kier molecular flexibility index (Phi) is 4.62. The van der Waals surface area contributed by atoms with Gasteiger partial charge in [0.1, 0.15) is 12.4 Å². The molecular weight excluding hydrogens is 258 g/mol. The molecule has 1 aromatic rings. The molecule has 1 N–H and O–H groups in total. The van der Waals surface area contributed by atoms with Crippen LogP contribution in [0.25, 0.3) is 0 Å². The van der Waals surface area contributed by atoms with E-state index in [-0.39, 0.29) is 19.1 Å². The van der Waals surface area contributed by atoms with Crippen molar-refractivity contribution in [3.63, 3.8) is 0 Å². The number of amides is 1. The first kappa shape index (κ1) is 14.8. The monoisotopic (exact) mass is 279 g/mol. The summed E-state index contributed by atoms with van der Waals surface area (Å²) in [6.07, 6.45) is 0.527. The summed E-state index contributed by atoms with van der Waals surface area (Å²) in [6, 6.07) is 7.66. The van der Waals surface area contributed by atoms with Crippen LogP contribution in [0.5, 0.6) is 5.75 Å². The van der Waals surface area contributed by atoms with Gasteiger partial charge in [0.05, 0.1) is 12.7 Å². The average Bonchev–Trinajstić information content (AvgIpc) is 2.44. The molecule has 1 saturated heterocycles. The Balaban J connectivity index is 2.04. The maximum absolute atomic E-state index is 11.9. The fourth-order valence-corrected chi connectivity index (χ4v) is 2.35. The molecule has 0 aliphatic carbocycles. The number of carbonyl (C=O) groups is 1. The van der Waals surface area contributed by atoms with E-state index in [9.17, 15) is 4.79 Å². The average molecular weight is 279 g/mol. The van der Waals surface area contributed by atoms with Crippen molar-refractivity contribution < 1.29 is 19.4 Å². The first-order valence-electron chi connectivity index (χ1n) is 6.72. The predicted molar refractivity (Wildman–Crippen MR) is 74.5 cm³/mol. The molecule has 1 unspecified atom stereocenters. The second kappa shape index (κ2) is 6.24.